The van der Waals surface area contributed by atoms with Crippen molar-refractivity contribution in [2.24, 2.45) is 11.8 Å². The van der Waals surface area contributed by atoms with E-state index in [1.807, 2.05) is 0 Å². The van der Waals surface area contributed by atoms with Crippen LogP contribution in [-0.2, 0) is 9.47 Å². The molecule has 1 fully saturated rings. The van der Waals surface area contributed by atoms with Crippen LogP contribution in [0.4, 0.5) is 0 Å². The molecule has 15 heavy (non-hydrogen) atoms. The number of hydrogen-bond donors (Lipinski definition) is 0. The summed E-state index contributed by atoms with van der Waals surface area (Å²) in [5.74, 6) is 0.975. The Morgan fingerprint density at radius 2 is 2.40 bits per heavy atom. The van der Waals surface area contributed by atoms with Gasteiger partial charge in [0.2, 0.25) is 0 Å². The predicted octanol–water partition coefficient (Wildman–Crippen LogP) is 2.00. The Kier molecular flexibility index (Phi) is 5.67. The quantitative estimate of drug-likeness (QED) is 0.628. The third-order valence-electron chi connectivity index (χ3n) is 2.95. The lowest BCUT2D eigenvalue weighted by atomic mass is 9.93. The zero-order chi connectivity index (χ0) is 11.1. The molecule has 0 aromatic carbocycles. The molecule has 84 valence electrons. The van der Waals surface area contributed by atoms with Crippen molar-refractivity contribution in [1.29, 1.82) is 5.26 Å². The second-order valence-corrected chi connectivity index (χ2v) is 3.88. The van der Waals surface area contributed by atoms with Crippen molar-refractivity contribution >= 4 is 0 Å². The third-order valence-corrected chi connectivity index (χ3v) is 2.95. The number of nitriles is 1. The van der Waals surface area contributed by atoms with Gasteiger partial charge in [0.05, 0.1) is 31.8 Å². The molecule has 1 aliphatic carbocycles. The fourth-order valence-corrected chi connectivity index (χ4v) is 2.11. The number of rotatable bonds is 6. The van der Waals surface area contributed by atoms with Gasteiger partial charge in [-0.05, 0) is 25.2 Å². The van der Waals surface area contributed by atoms with Gasteiger partial charge >= 0.3 is 0 Å². The van der Waals surface area contributed by atoms with Gasteiger partial charge in [-0.25, -0.2) is 0 Å². The van der Waals surface area contributed by atoms with E-state index in [9.17, 15) is 0 Å². The van der Waals surface area contributed by atoms with Crippen molar-refractivity contribution < 1.29 is 9.47 Å². The Labute approximate surface area is 92.4 Å². The molecule has 0 spiro atoms. The standard InChI is InChI=1S/C12H19NO2/c1-3-10-5-6-12(11(10)9-14-2)15-8-4-7-13/h6,10-12H,1,3-5,8-9H2,2H3. The minimum atomic E-state index is 0.144. The summed E-state index contributed by atoms with van der Waals surface area (Å²) in [7, 11) is 1.71. The lowest BCUT2D eigenvalue weighted by molar-refractivity contribution is 0.00754. The number of methoxy groups -OCH3 is 1. The van der Waals surface area contributed by atoms with Crippen LogP contribution >= 0.6 is 0 Å². The first-order valence-corrected chi connectivity index (χ1v) is 5.43. The molecule has 0 aromatic rings. The lowest BCUT2D eigenvalue weighted by Crippen LogP contribution is -2.27. The Bertz CT molecular complexity index is 212. The lowest BCUT2D eigenvalue weighted by Gasteiger charge is -2.23. The fourth-order valence-electron chi connectivity index (χ4n) is 2.11. The summed E-state index contributed by atoms with van der Waals surface area (Å²) < 4.78 is 10.9. The van der Waals surface area contributed by atoms with Gasteiger partial charge in [0, 0.05) is 13.0 Å². The van der Waals surface area contributed by atoms with Gasteiger partial charge in [0.1, 0.15) is 0 Å². The molecule has 1 aliphatic rings. The number of nitrogens with zero attached hydrogens (tertiary/aromatic N) is 1. The third kappa shape index (κ3) is 3.48. The first kappa shape index (κ1) is 12.5. The molecule has 0 aliphatic heterocycles. The molecule has 3 nitrogen and oxygen atoms in total. The highest BCUT2D eigenvalue weighted by atomic mass is 16.5. The van der Waals surface area contributed by atoms with E-state index in [-0.39, 0.29) is 6.10 Å². The zero-order valence-corrected chi connectivity index (χ0v) is 9.32. The van der Waals surface area contributed by atoms with Gasteiger partial charge in [-0.3, -0.25) is 0 Å². The van der Waals surface area contributed by atoms with E-state index in [1.165, 1.54) is 0 Å². The minimum absolute atomic E-state index is 0.144. The number of hydrogen-bond acceptors (Lipinski definition) is 3. The second-order valence-electron chi connectivity index (χ2n) is 3.88. The summed E-state index contributed by atoms with van der Waals surface area (Å²) in [6.45, 7) is 5.18. The number of ether oxygens (including phenoxy) is 2. The SMILES string of the molecule is [CH2]CC1C[CH]C(OCCC#N)C1COC. The molecule has 0 N–H and O–H groups in total. The Morgan fingerprint density at radius 1 is 1.60 bits per heavy atom. The topological polar surface area (TPSA) is 42.2 Å². The van der Waals surface area contributed by atoms with E-state index in [2.05, 4.69) is 19.4 Å². The van der Waals surface area contributed by atoms with Crippen LogP contribution in [0.3, 0.4) is 0 Å². The van der Waals surface area contributed by atoms with E-state index < -0.39 is 0 Å². The van der Waals surface area contributed by atoms with Crippen LogP contribution in [-0.4, -0.2) is 26.4 Å². The normalized spacial score (nSPS) is 30.3. The average molecular weight is 209 g/mol. The summed E-state index contributed by atoms with van der Waals surface area (Å²) >= 11 is 0. The Hall–Kier alpha value is -0.590. The zero-order valence-electron chi connectivity index (χ0n) is 9.32. The summed E-state index contributed by atoms with van der Waals surface area (Å²) in [5, 5.41) is 8.43. The monoisotopic (exact) mass is 209 g/mol. The average Bonchev–Trinajstić information content (AvgIpc) is 2.62. The molecular weight excluding hydrogens is 190 g/mol. The van der Waals surface area contributed by atoms with E-state index in [0.717, 1.165) is 12.8 Å². The summed E-state index contributed by atoms with van der Waals surface area (Å²) in [5.41, 5.74) is 0. The minimum Gasteiger partial charge on any atom is -0.384 e. The van der Waals surface area contributed by atoms with Crippen LogP contribution in [0, 0.1) is 36.5 Å². The van der Waals surface area contributed by atoms with Crippen molar-refractivity contribution in [3.63, 3.8) is 0 Å². The van der Waals surface area contributed by atoms with Gasteiger partial charge in [0.15, 0.2) is 0 Å². The van der Waals surface area contributed by atoms with Crippen LogP contribution in [0.25, 0.3) is 0 Å². The predicted molar refractivity (Wildman–Crippen MR) is 57.7 cm³/mol. The first-order chi connectivity index (χ1) is 7.33. The maximum Gasteiger partial charge on any atom is 0.0660 e. The van der Waals surface area contributed by atoms with Crippen LogP contribution in [0.15, 0.2) is 0 Å². The van der Waals surface area contributed by atoms with Crippen molar-refractivity contribution in [2.75, 3.05) is 20.3 Å². The molecule has 0 aromatic heterocycles. The maximum absolute atomic E-state index is 8.43. The highest BCUT2D eigenvalue weighted by molar-refractivity contribution is 4.97. The van der Waals surface area contributed by atoms with Crippen molar-refractivity contribution in [2.45, 2.75) is 25.4 Å². The van der Waals surface area contributed by atoms with E-state index in [1.54, 1.807) is 7.11 Å². The van der Waals surface area contributed by atoms with E-state index in [0.29, 0.717) is 31.5 Å². The van der Waals surface area contributed by atoms with Gasteiger partial charge in [-0.1, -0.05) is 6.92 Å². The molecular formula is C12H19NO2. The first-order valence-electron chi connectivity index (χ1n) is 5.43. The molecule has 3 unspecified atom stereocenters. The molecule has 0 heterocycles. The largest absolute Gasteiger partial charge is 0.384 e. The van der Waals surface area contributed by atoms with Gasteiger partial charge in [0.25, 0.3) is 0 Å². The van der Waals surface area contributed by atoms with Crippen LogP contribution in [0.1, 0.15) is 19.3 Å². The molecule has 0 saturated heterocycles. The molecule has 3 heteroatoms. The summed E-state index contributed by atoms with van der Waals surface area (Å²) in [4.78, 5) is 0. The fraction of sp³-hybridized carbons (Fsp3) is 0.750. The summed E-state index contributed by atoms with van der Waals surface area (Å²) in [6.07, 6.45) is 4.76. The molecule has 2 radical (unpaired) electrons. The van der Waals surface area contributed by atoms with Crippen molar-refractivity contribution in [3.8, 4) is 6.07 Å². The summed E-state index contributed by atoms with van der Waals surface area (Å²) in [6, 6.07) is 2.08. The van der Waals surface area contributed by atoms with E-state index in [4.69, 9.17) is 14.7 Å². The Morgan fingerprint density at radius 3 is 3.00 bits per heavy atom. The molecule has 1 rings (SSSR count). The molecule has 1 saturated carbocycles. The molecule has 0 amide bonds. The van der Waals surface area contributed by atoms with Gasteiger partial charge < -0.3 is 9.47 Å². The highest BCUT2D eigenvalue weighted by Crippen LogP contribution is 2.35. The van der Waals surface area contributed by atoms with Gasteiger partial charge in [-0.2, -0.15) is 5.26 Å². The Balaban J connectivity index is 2.38. The highest BCUT2D eigenvalue weighted by Gasteiger charge is 2.35. The molecule has 0 bridgehead atoms. The smallest absolute Gasteiger partial charge is 0.0660 e. The van der Waals surface area contributed by atoms with Crippen LogP contribution in [0.5, 0.6) is 0 Å². The second kappa shape index (κ2) is 6.81. The van der Waals surface area contributed by atoms with Gasteiger partial charge in [-0.15, -0.1) is 0 Å². The van der Waals surface area contributed by atoms with Crippen molar-refractivity contribution in [3.05, 3.63) is 13.3 Å². The van der Waals surface area contributed by atoms with E-state index >= 15 is 0 Å². The van der Waals surface area contributed by atoms with Crippen molar-refractivity contribution in [1.82, 2.24) is 0 Å². The van der Waals surface area contributed by atoms with Crippen LogP contribution in [0.2, 0.25) is 0 Å². The molecule has 3 atom stereocenters. The maximum atomic E-state index is 8.43. The van der Waals surface area contributed by atoms with Crippen LogP contribution < -0.4 is 0 Å².